The predicted molar refractivity (Wildman–Crippen MR) is 129 cm³/mol. The van der Waals surface area contributed by atoms with E-state index in [1.807, 2.05) is 0 Å². The third kappa shape index (κ3) is 4.91. The van der Waals surface area contributed by atoms with Gasteiger partial charge in [-0.15, -0.1) is 0 Å². The van der Waals surface area contributed by atoms with Crippen molar-refractivity contribution < 1.29 is 17.2 Å². The number of pyridine rings is 1. The van der Waals surface area contributed by atoms with Crippen molar-refractivity contribution >= 4 is 21.1 Å². The molecule has 174 valence electrons. The monoisotopic (exact) mass is 488 g/mol. The lowest BCUT2D eigenvalue weighted by atomic mass is 10.0. The van der Waals surface area contributed by atoms with Crippen molar-refractivity contribution in [3.05, 3.63) is 108 Å². The van der Waals surface area contributed by atoms with Gasteiger partial charge in [-0.2, -0.15) is 0 Å². The van der Waals surface area contributed by atoms with Crippen LogP contribution in [0.5, 0.6) is 0 Å². The molecule has 9 heteroatoms. The van der Waals surface area contributed by atoms with E-state index in [1.165, 1.54) is 36.4 Å². The summed E-state index contributed by atoms with van der Waals surface area (Å²) in [4.78, 5) is 13.5. The second kappa shape index (κ2) is 9.28. The Morgan fingerprint density at radius 2 is 1.31 bits per heavy atom. The molecule has 5 aromatic rings. The Bertz CT molecular complexity index is 1610. The fourth-order valence-electron chi connectivity index (χ4n) is 3.57. The molecule has 6 nitrogen and oxygen atoms in total. The highest BCUT2D eigenvalue weighted by molar-refractivity contribution is 7.89. The average Bonchev–Trinajstić information content (AvgIpc) is 2.88. The van der Waals surface area contributed by atoms with Crippen molar-refractivity contribution in [3.8, 4) is 22.5 Å². The Labute approximate surface area is 200 Å². The molecule has 0 radical (unpaired) electrons. The van der Waals surface area contributed by atoms with Gasteiger partial charge in [0.05, 0.1) is 39.6 Å². The molecule has 1 N–H and O–H groups in total. The number of hydrogen-bond acceptors (Lipinski definition) is 5. The van der Waals surface area contributed by atoms with Crippen molar-refractivity contribution in [3.63, 3.8) is 0 Å². The summed E-state index contributed by atoms with van der Waals surface area (Å²) in [6.07, 6.45) is 1.59. The average molecular weight is 489 g/mol. The summed E-state index contributed by atoms with van der Waals surface area (Å²) in [6, 6.07) is 21.2. The zero-order chi connectivity index (χ0) is 24.4. The molecule has 2 aromatic heterocycles. The van der Waals surface area contributed by atoms with E-state index < -0.39 is 15.8 Å². The third-order valence-electron chi connectivity index (χ3n) is 5.35. The first-order valence-corrected chi connectivity index (χ1v) is 12.1. The van der Waals surface area contributed by atoms with Crippen LogP contribution in [0, 0.1) is 11.6 Å². The molecule has 5 rings (SSSR count). The summed E-state index contributed by atoms with van der Waals surface area (Å²) in [5.41, 5.74) is 3.47. The number of sulfonamides is 1. The van der Waals surface area contributed by atoms with Crippen LogP contribution in [0.25, 0.3) is 33.5 Å². The maximum absolute atomic E-state index is 13.5. The van der Waals surface area contributed by atoms with E-state index in [9.17, 15) is 17.2 Å². The van der Waals surface area contributed by atoms with Gasteiger partial charge in [0.25, 0.3) is 0 Å². The standard InChI is InChI=1S/C26H18F2N4O2S/c27-19-8-4-17(5-9-19)25-26(18-6-10-20(28)11-7-18)32-24-15-22(12-13-23(24)31-25)35(33,34)30-16-21-3-1-2-14-29-21/h1-15,30H,16H2. The lowest BCUT2D eigenvalue weighted by Crippen LogP contribution is -2.23. The number of rotatable bonds is 6. The number of nitrogens with one attached hydrogen (secondary N) is 1. The van der Waals surface area contributed by atoms with E-state index in [0.717, 1.165) is 0 Å². The molecule has 35 heavy (non-hydrogen) atoms. The zero-order valence-electron chi connectivity index (χ0n) is 18.2. The molecule has 0 spiro atoms. The maximum Gasteiger partial charge on any atom is 0.241 e. The van der Waals surface area contributed by atoms with Crippen LogP contribution in [-0.4, -0.2) is 23.4 Å². The molecule has 0 saturated carbocycles. The quantitative estimate of drug-likeness (QED) is 0.359. The van der Waals surface area contributed by atoms with E-state index in [2.05, 4.69) is 19.7 Å². The summed E-state index contributed by atoms with van der Waals surface area (Å²) >= 11 is 0. The highest BCUT2D eigenvalue weighted by atomic mass is 32.2. The first-order valence-electron chi connectivity index (χ1n) is 10.6. The zero-order valence-corrected chi connectivity index (χ0v) is 19.0. The van der Waals surface area contributed by atoms with Crippen LogP contribution >= 0.6 is 0 Å². The molecule has 0 amide bonds. The molecular formula is C26H18F2N4O2S. The van der Waals surface area contributed by atoms with Gasteiger partial charge in [0.15, 0.2) is 0 Å². The van der Waals surface area contributed by atoms with E-state index in [1.54, 1.807) is 54.7 Å². The second-order valence-electron chi connectivity index (χ2n) is 7.73. The predicted octanol–water partition coefficient (Wildman–Crippen LogP) is 5.12. The van der Waals surface area contributed by atoms with Gasteiger partial charge in [-0.1, -0.05) is 6.07 Å². The summed E-state index contributed by atoms with van der Waals surface area (Å²) in [5, 5.41) is 0. The van der Waals surface area contributed by atoms with Crippen LogP contribution in [-0.2, 0) is 16.6 Å². The van der Waals surface area contributed by atoms with Gasteiger partial charge < -0.3 is 0 Å². The minimum Gasteiger partial charge on any atom is -0.260 e. The molecule has 2 heterocycles. The van der Waals surface area contributed by atoms with Crippen LogP contribution in [0.3, 0.4) is 0 Å². The molecule has 0 unspecified atom stereocenters. The minimum atomic E-state index is -3.85. The minimum absolute atomic E-state index is 0.0230. The fourth-order valence-corrected chi connectivity index (χ4v) is 4.59. The highest BCUT2D eigenvalue weighted by Gasteiger charge is 2.18. The normalized spacial score (nSPS) is 11.6. The number of halogens is 2. The number of aromatic nitrogens is 3. The summed E-state index contributed by atoms with van der Waals surface area (Å²) in [6.45, 7) is 0.0389. The molecule has 0 atom stereocenters. The van der Waals surface area contributed by atoms with Crippen LogP contribution in [0.1, 0.15) is 5.69 Å². The van der Waals surface area contributed by atoms with E-state index in [4.69, 9.17) is 0 Å². The Morgan fingerprint density at radius 1 is 0.714 bits per heavy atom. The van der Waals surface area contributed by atoms with Gasteiger partial charge in [0.2, 0.25) is 10.0 Å². The van der Waals surface area contributed by atoms with Gasteiger partial charge in [0, 0.05) is 17.3 Å². The van der Waals surface area contributed by atoms with E-state index in [-0.39, 0.29) is 17.3 Å². The Kier molecular flexibility index (Phi) is 6.02. The van der Waals surface area contributed by atoms with Crippen molar-refractivity contribution in [2.24, 2.45) is 0 Å². The number of fused-ring (bicyclic) bond motifs is 1. The number of benzene rings is 3. The third-order valence-corrected chi connectivity index (χ3v) is 6.75. The Morgan fingerprint density at radius 3 is 1.89 bits per heavy atom. The second-order valence-corrected chi connectivity index (χ2v) is 9.50. The molecular weight excluding hydrogens is 470 g/mol. The van der Waals surface area contributed by atoms with Crippen LogP contribution in [0.15, 0.2) is 96.0 Å². The van der Waals surface area contributed by atoms with Gasteiger partial charge in [-0.25, -0.2) is 31.9 Å². The first-order chi connectivity index (χ1) is 16.9. The largest absolute Gasteiger partial charge is 0.260 e. The summed E-state index contributed by atoms with van der Waals surface area (Å²) in [5.74, 6) is -0.794. The van der Waals surface area contributed by atoms with Gasteiger partial charge >= 0.3 is 0 Å². The van der Waals surface area contributed by atoms with Crippen LogP contribution < -0.4 is 4.72 Å². The number of nitrogens with zero attached hydrogens (tertiary/aromatic N) is 3. The molecule has 0 aliphatic heterocycles. The van der Waals surface area contributed by atoms with Gasteiger partial charge in [-0.3, -0.25) is 4.98 Å². The smallest absolute Gasteiger partial charge is 0.241 e. The Balaban J connectivity index is 1.59. The van der Waals surface area contributed by atoms with Crippen molar-refractivity contribution in [2.45, 2.75) is 11.4 Å². The summed E-state index contributed by atoms with van der Waals surface area (Å²) in [7, 11) is -3.85. The maximum atomic E-state index is 13.5. The molecule has 3 aromatic carbocycles. The van der Waals surface area contributed by atoms with E-state index >= 15 is 0 Å². The van der Waals surface area contributed by atoms with Crippen LogP contribution in [0.2, 0.25) is 0 Å². The van der Waals surface area contributed by atoms with E-state index in [0.29, 0.717) is 39.2 Å². The van der Waals surface area contributed by atoms with Crippen molar-refractivity contribution in [2.75, 3.05) is 0 Å². The topological polar surface area (TPSA) is 84.8 Å². The molecule has 0 aliphatic carbocycles. The fraction of sp³-hybridized carbons (Fsp3) is 0.0385. The molecule has 0 bridgehead atoms. The van der Waals surface area contributed by atoms with Gasteiger partial charge in [0.1, 0.15) is 11.6 Å². The van der Waals surface area contributed by atoms with Gasteiger partial charge in [-0.05, 0) is 78.9 Å². The first kappa shape index (κ1) is 22.7. The molecule has 0 fully saturated rings. The number of hydrogen-bond donors (Lipinski definition) is 1. The summed E-state index contributed by atoms with van der Waals surface area (Å²) < 4.78 is 55.4. The SMILES string of the molecule is O=S(=O)(NCc1ccccn1)c1ccc2nc(-c3ccc(F)cc3)c(-c3ccc(F)cc3)nc2c1. The van der Waals surface area contributed by atoms with Crippen molar-refractivity contribution in [1.29, 1.82) is 0 Å². The Hall–Kier alpha value is -4.08. The lowest BCUT2D eigenvalue weighted by molar-refractivity contribution is 0.580. The molecule has 0 aliphatic rings. The van der Waals surface area contributed by atoms with Crippen molar-refractivity contribution in [1.82, 2.24) is 19.7 Å². The highest BCUT2D eigenvalue weighted by Crippen LogP contribution is 2.32. The molecule has 0 saturated heterocycles. The van der Waals surface area contributed by atoms with Crippen LogP contribution in [0.4, 0.5) is 8.78 Å². The lowest BCUT2D eigenvalue weighted by Gasteiger charge is -2.12.